The Morgan fingerprint density at radius 2 is 1.54 bits per heavy atom. The highest BCUT2D eigenvalue weighted by Crippen LogP contribution is 2.45. The van der Waals surface area contributed by atoms with Gasteiger partial charge in [-0.25, -0.2) is 9.78 Å². The first-order valence-electron chi connectivity index (χ1n) is 7.51. The van der Waals surface area contributed by atoms with Gasteiger partial charge in [-0.15, -0.1) is 0 Å². The van der Waals surface area contributed by atoms with E-state index in [-0.39, 0.29) is 11.3 Å². The van der Waals surface area contributed by atoms with E-state index in [4.69, 9.17) is 5.11 Å². The van der Waals surface area contributed by atoms with Crippen molar-refractivity contribution in [1.82, 2.24) is 10.3 Å². The van der Waals surface area contributed by atoms with Crippen LogP contribution in [0, 0.1) is 11.8 Å². The zero-order chi connectivity index (χ0) is 19.7. The van der Waals surface area contributed by atoms with Gasteiger partial charge in [0.05, 0.1) is 17.4 Å². The Morgan fingerprint density at radius 3 is 1.92 bits per heavy atom. The SMILES string of the molecule is O=C(NC1CC(C(F)(F)F)CC(C(F)(F)F)C1)c1ccc(C(=O)O)nc1. The Balaban J connectivity index is 2.12. The number of aromatic carboxylic acids is 1. The van der Waals surface area contributed by atoms with Crippen LogP contribution in [-0.4, -0.2) is 40.4 Å². The molecule has 1 heterocycles. The van der Waals surface area contributed by atoms with Gasteiger partial charge < -0.3 is 10.4 Å². The second-order valence-corrected chi connectivity index (χ2v) is 6.09. The fourth-order valence-corrected chi connectivity index (χ4v) is 2.89. The summed E-state index contributed by atoms with van der Waals surface area (Å²) in [5.41, 5.74) is -0.513. The van der Waals surface area contributed by atoms with Crippen LogP contribution in [0.4, 0.5) is 26.3 Å². The summed E-state index contributed by atoms with van der Waals surface area (Å²) < 4.78 is 77.5. The zero-order valence-corrected chi connectivity index (χ0v) is 13.1. The topological polar surface area (TPSA) is 79.3 Å². The molecule has 0 saturated heterocycles. The number of amides is 1. The minimum Gasteiger partial charge on any atom is -0.477 e. The van der Waals surface area contributed by atoms with Gasteiger partial charge in [-0.2, -0.15) is 26.3 Å². The molecule has 2 rings (SSSR count). The van der Waals surface area contributed by atoms with Gasteiger partial charge in [0.2, 0.25) is 0 Å². The van der Waals surface area contributed by atoms with Crippen LogP contribution in [0.2, 0.25) is 0 Å². The molecule has 0 aromatic carbocycles. The van der Waals surface area contributed by atoms with Crippen LogP contribution in [-0.2, 0) is 0 Å². The standard InChI is InChI=1S/C15H14F6N2O3/c16-14(17,18)8-3-9(15(19,20)21)5-10(4-8)23-12(24)7-1-2-11(13(25)26)22-6-7/h1-2,6,8-10H,3-5H2,(H,23,24)(H,25,26). The molecular weight excluding hydrogens is 370 g/mol. The van der Waals surface area contributed by atoms with Crippen molar-refractivity contribution in [2.45, 2.75) is 37.7 Å². The van der Waals surface area contributed by atoms with Crippen molar-refractivity contribution in [2.75, 3.05) is 0 Å². The third-order valence-corrected chi connectivity index (χ3v) is 4.21. The van der Waals surface area contributed by atoms with Crippen molar-refractivity contribution < 1.29 is 41.0 Å². The van der Waals surface area contributed by atoms with Crippen molar-refractivity contribution in [3.8, 4) is 0 Å². The van der Waals surface area contributed by atoms with Crippen molar-refractivity contribution >= 4 is 11.9 Å². The van der Waals surface area contributed by atoms with E-state index in [0.29, 0.717) is 0 Å². The molecule has 1 saturated carbocycles. The Labute approximate surface area is 143 Å². The second kappa shape index (κ2) is 7.12. The van der Waals surface area contributed by atoms with Crippen LogP contribution in [0.15, 0.2) is 18.3 Å². The van der Waals surface area contributed by atoms with Crippen molar-refractivity contribution in [1.29, 1.82) is 0 Å². The maximum absolute atomic E-state index is 12.9. The lowest BCUT2D eigenvalue weighted by Crippen LogP contribution is -2.47. The van der Waals surface area contributed by atoms with Crippen LogP contribution in [0.5, 0.6) is 0 Å². The fraction of sp³-hybridized carbons (Fsp3) is 0.533. The van der Waals surface area contributed by atoms with Gasteiger partial charge in [0.1, 0.15) is 5.69 Å². The molecule has 1 aliphatic carbocycles. The molecule has 1 aliphatic rings. The third-order valence-electron chi connectivity index (χ3n) is 4.21. The van der Waals surface area contributed by atoms with Gasteiger partial charge >= 0.3 is 18.3 Å². The molecular formula is C15H14F6N2O3. The largest absolute Gasteiger partial charge is 0.477 e. The molecule has 0 spiro atoms. The number of carboxylic acids is 1. The number of carbonyl (C=O) groups excluding carboxylic acids is 1. The van der Waals surface area contributed by atoms with E-state index in [0.717, 1.165) is 18.3 Å². The number of hydrogen-bond acceptors (Lipinski definition) is 3. The summed E-state index contributed by atoms with van der Waals surface area (Å²) in [5.74, 6) is -6.59. The van der Waals surface area contributed by atoms with E-state index in [1.807, 2.05) is 0 Å². The number of pyridine rings is 1. The average molecular weight is 384 g/mol. The number of halogens is 6. The lowest BCUT2D eigenvalue weighted by molar-refractivity contribution is -0.225. The predicted molar refractivity (Wildman–Crippen MR) is 75.4 cm³/mol. The van der Waals surface area contributed by atoms with E-state index in [1.54, 1.807) is 0 Å². The second-order valence-electron chi connectivity index (χ2n) is 6.09. The first kappa shape index (κ1) is 20.0. The molecule has 2 N–H and O–H groups in total. The number of alkyl halides is 6. The van der Waals surface area contributed by atoms with Crippen molar-refractivity contribution in [3.05, 3.63) is 29.6 Å². The van der Waals surface area contributed by atoms with Crippen LogP contribution >= 0.6 is 0 Å². The Kier molecular flexibility index (Phi) is 5.47. The summed E-state index contributed by atoms with van der Waals surface area (Å²) in [6.45, 7) is 0. The van der Waals surface area contributed by atoms with Gasteiger partial charge in [-0.1, -0.05) is 0 Å². The normalized spacial score (nSPS) is 24.2. The average Bonchev–Trinajstić information content (AvgIpc) is 2.53. The highest BCUT2D eigenvalue weighted by molar-refractivity contribution is 5.95. The molecule has 0 aliphatic heterocycles. The Morgan fingerprint density at radius 1 is 1.00 bits per heavy atom. The minimum atomic E-state index is -4.79. The number of nitrogens with one attached hydrogen (secondary N) is 1. The minimum absolute atomic E-state index is 0.160. The number of hydrogen-bond donors (Lipinski definition) is 2. The van der Waals surface area contributed by atoms with Gasteiger partial charge in [-0.3, -0.25) is 4.79 Å². The molecule has 26 heavy (non-hydrogen) atoms. The molecule has 1 fully saturated rings. The Hall–Kier alpha value is -2.33. The van der Waals surface area contributed by atoms with Crippen molar-refractivity contribution in [2.24, 2.45) is 11.8 Å². The van der Waals surface area contributed by atoms with Gasteiger partial charge in [-0.05, 0) is 31.4 Å². The Bertz CT molecular complexity index is 649. The maximum Gasteiger partial charge on any atom is 0.391 e. The molecule has 1 amide bonds. The van der Waals surface area contributed by atoms with Crippen molar-refractivity contribution in [3.63, 3.8) is 0 Å². The van der Waals surface area contributed by atoms with E-state index >= 15 is 0 Å². The van der Waals surface area contributed by atoms with E-state index < -0.39 is 61.4 Å². The number of nitrogens with zero attached hydrogens (tertiary/aromatic N) is 1. The smallest absolute Gasteiger partial charge is 0.391 e. The summed E-state index contributed by atoms with van der Waals surface area (Å²) in [7, 11) is 0. The summed E-state index contributed by atoms with van der Waals surface area (Å²) in [5, 5.41) is 10.9. The molecule has 1 aromatic rings. The maximum atomic E-state index is 12.9. The monoisotopic (exact) mass is 384 g/mol. The summed E-state index contributed by atoms with van der Waals surface area (Å²) in [6.07, 6.45) is -11.1. The zero-order valence-electron chi connectivity index (χ0n) is 13.1. The predicted octanol–water partition coefficient (Wildman–Crippen LogP) is 3.42. The molecule has 1 aromatic heterocycles. The van der Waals surface area contributed by atoms with E-state index in [2.05, 4.69) is 10.3 Å². The number of rotatable bonds is 3. The number of carboxylic acid groups (broad SMARTS) is 1. The summed E-state index contributed by atoms with van der Waals surface area (Å²) in [6, 6.07) is 0.778. The first-order chi connectivity index (χ1) is 11.9. The lowest BCUT2D eigenvalue weighted by atomic mass is 9.77. The van der Waals surface area contributed by atoms with Gasteiger partial charge in [0, 0.05) is 12.2 Å². The van der Waals surface area contributed by atoms with Crippen LogP contribution in [0.3, 0.4) is 0 Å². The summed E-state index contributed by atoms with van der Waals surface area (Å²) in [4.78, 5) is 26.2. The first-order valence-corrected chi connectivity index (χ1v) is 7.51. The highest BCUT2D eigenvalue weighted by atomic mass is 19.4. The van der Waals surface area contributed by atoms with Crippen LogP contribution < -0.4 is 5.32 Å². The van der Waals surface area contributed by atoms with Crippen LogP contribution in [0.1, 0.15) is 40.1 Å². The van der Waals surface area contributed by atoms with E-state index in [1.165, 1.54) is 0 Å². The summed E-state index contributed by atoms with van der Waals surface area (Å²) >= 11 is 0. The molecule has 2 unspecified atom stereocenters. The van der Waals surface area contributed by atoms with E-state index in [9.17, 15) is 35.9 Å². The van der Waals surface area contributed by atoms with Crippen LogP contribution in [0.25, 0.3) is 0 Å². The molecule has 0 bridgehead atoms. The quantitative estimate of drug-likeness (QED) is 0.783. The molecule has 11 heteroatoms. The fourth-order valence-electron chi connectivity index (χ4n) is 2.89. The number of aromatic nitrogens is 1. The molecule has 5 nitrogen and oxygen atoms in total. The molecule has 144 valence electrons. The lowest BCUT2D eigenvalue weighted by Gasteiger charge is -2.36. The van der Waals surface area contributed by atoms with Gasteiger partial charge in [0.15, 0.2) is 0 Å². The van der Waals surface area contributed by atoms with Gasteiger partial charge in [0.25, 0.3) is 5.91 Å². The molecule has 2 atom stereocenters. The third kappa shape index (κ3) is 4.85. The number of carbonyl (C=O) groups is 2. The highest BCUT2D eigenvalue weighted by Gasteiger charge is 2.52. The molecule has 0 radical (unpaired) electrons.